The number of hydrogen-bond acceptors (Lipinski definition) is 3. The molecule has 0 aliphatic carbocycles. The molecule has 1 aromatic carbocycles. The molecule has 5 heteroatoms. The summed E-state index contributed by atoms with van der Waals surface area (Å²) in [5.41, 5.74) is 4.98. The number of anilines is 1. The molecule has 3 N–H and O–H groups in total. The van der Waals surface area contributed by atoms with Gasteiger partial charge in [-0.15, -0.1) is 0 Å². The van der Waals surface area contributed by atoms with E-state index < -0.39 is 11.8 Å². The first-order valence-electron chi connectivity index (χ1n) is 4.46. The number of carboxylic acid groups (broad SMARTS) is 1. The minimum absolute atomic E-state index is 0.261. The lowest BCUT2D eigenvalue weighted by Gasteiger charge is -2.07. The van der Waals surface area contributed by atoms with Gasteiger partial charge in [-0.05, 0) is 24.3 Å². The zero-order valence-corrected chi connectivity index (χ0v) is 8.11. The maximum atomic E-state index is 13.1. The van der Waals surface area contributed by atoms with E-state index in [0.717, 1.165) is 6.07 Å². The molecular formula is C11H8FNO3. The Bertz CT molecular complexity index is 534. The summed E-state index contributed by atoms with van der Waals surface area (Å²) in [6.45, 7) is 0. The second kappa shape index (κ2) is 3.69. The number of hydrogen-bond donors (Lipinski definition) is 2. The van der Waals surface area contributed by atoms with Crippen LogP contribution in [0.5, 0.6) is 0 Å². The Hall–Kier alpha value is -2.30. The predicted octanol–water partition coefficient (Wildman–Crippen LogP) is 2.37. The first-order valence-corrected chi connectivity index (χ1v) is 4.46. The zero-order valence-electron chi connectivity index (χ0n) is 8.11. The Kier molecular flexibility index (Phi) is 2.36. The monoisotopic (exact) mass is 221 g/mol. The van der Waals surface area contributed by atoms with Gasteiger partial charge in [0.15, 0.2) is 0 Å². The van der Waals surface area contributed by atoms with Crippen LogP contribution >= 0.6 is 0 Å². The second-order valence-electron chi connectivity index (χ2n) is 3.17. The van der Waals surface area contributed by atoms with E-state index in [1.54, 1.807) is 12.1 Å². The normalized spacial score (nSPS) is 10.3. The summed E-state index contributed by atoms with van der Waals surface area (Å²) in [6.07, 6.45) is 1.40. The van der Waals surface area contributed by atoms with Crippen LogP contribution in [0.3, 0.4) is 0 Å². The predicted molar refractivity (Wildman–Crippen MR) is 55.5 cm³/mol. The second-order valence-corrected chi connectivity index (χ2v) is 3.17. The molecule has 0 aliphatic rings. The number of benzene rings is 1. The Morgan fingerprint density at radius 1 is 1.38 bits per heavy atom. The standard InChI is InChI=1S/C11H8FNO3/c12-7-4-3-6(8-2-1-5-16-8)9(10(7)13)11(14)15/h1-5H,13H2,(H,14,15). The summed E-state index contributed by atoms with van der Waals surface area (Å²) in [7, 11) is 0. The van der Waals surface area contributed by atoms with Crippen molar-refractivity contribution in [2.24, 2.45) is 0 Å². The number of aromatic carboxylic acids is 1. The lowest BCUT2D eigenvalue weighted by molar-refractivity contribution is 0.0698. The van der Waals surface area contributed by atoms with Gasteiger partial charge in [-0.2, -0.15) is 0 Å². The van der Waals surface area contributed by atoms with E-state index in [0.29, 0.717) is 5.76 Å². The maximum absolute atomic E-state index is 13.1. The van der Waals surface area contributed by atoms with E-state index in [-0.39, 0.29) is 16.8 Å². The van der Waals surface area contributed by atoms with Crippen molar-refractivity contribution in [3.05, 3.63) is 41.9 Å². The van der Waals surface area contributed by atoms with Gasteiger partial charge >= 0.3 is 5.97 Å². The molecule has 82 valence electrons. The van der Waals surface area contributed by atoms with E-state index in [9.17, 15) is 9.18 Å². The topological polar surface area (TPSA) is 76.5 Å². The van der Waals surface area contributed by atoms with Gasteiger partial charge in [-0.3, -0.25) is 0 Å². The van der Waals surface area contributed by atoms with E-state index >= 15 is 0 Å². The third kappa shape index (κ3) is 1.52. The number of halogens is 1. The number of nitrogens with two attached hydrogens (primary N) is 1. The highest BCUT2D eigenvalue weighted by Crippen LogP contribution is 2.29. The Balaban J connectivity index is 2.71. The number of rotatable bonds is 2. The fourth-order valence-corrected chi connectivity index (χ4v) is 1.46. The number of carbonyl (C=O) groups is 1. The quantitative estimate of drug-likeness (QED) is 0.763. The summed E-state index contributed by atoms with van der Waals surface area (Å²) in [5, 5.41) is 8.98. The number of nitrogen functional groups attached to an aromatic ring is 1. The van der Waals surface area contributed by atoms with Crippen molar-refractivity contribution in [3.63, 3.8) is 0 Å². The fourth-order valence-electron chi connectivity index (χ4n) is 1.46. The van der Waals surface area contributed by atoms with E-state index in [1.165, 1.54) is 12.3 Å². The van der Waals surface area contributed by atoms with Crippen molar-refractivity contribution in [1.29, 1.82) is 0 Å². The Morgan fingerprint density at radius 3 is 2.69 bits per heavy atom. The van der Waals surface area contributed by atoms with Crippen LogP contribution in [0.15, 0.2) is 34.9 Å². The minimum Gasteiger partial charge on any atom is -0.478 e. The van der Waals surface area contributed by atoms with Crippen molar-refractivity contribution < 1.29 is 18.7 Å². The van der Waals surface area contributed by atoms with E-state index in [2.05, 4.69) is 0 Å². The molecule has 16 heavy (non-hydrogen) atoms. The molecule has 0 radical (unpaired) electrons. The molecule has 0 unspecified atom stereocenters. The van der Waals surface area contributed by atoms with Crippen molar-refractivity contribution in [2.75, 3.05) is 5.73 Å². The summed E-state index contributed by atoms with van der Waals surface area (Å²) < 4.78 is 18.2. The van der Waals surface area contributed by atoms with Crippen LogP contribution in [0.1, 0.15) is 10.4 Å². The smallest absolute Gasteiger partial charge is 0.338 e. The van der Waals surface area contributed by atoms with Gasteiger partial charge in [0.05, 0.1) is 17.5 Å². The molecule has 2 aromatic rings. The zero-order chi connectivity index (χ0) is 11.7. The summed E-state index contributed by atoms with van der Waals surface area (Å²) >= 11 is 0. The highest BCUT2D eigenvalue weighted by Gasteiger charge is 2.19. The SMILES string of the molecule is Nc1c(F)ccc(-c2ccco2)c1C(=O)O. The molecule has 2 rings (SSSR count). The lowest BCUT2D eigenvalue weighted by atomic mass is 10.0. The fraction of sp³-hybridized carbons (Fsp3) is 0. The number of carboxylic acids is 1. The lowest BCUT2D eigenvalue weighted by Crippen LogP contribution is -2.06. The van der Waals surface area contributed by atoms with Gasteiger partial charge in [0.1, 0.15) is 11.6 Å². The van der Waals surface area contributed by atoms with Crippen LogP contribution in [0.2, 0.25) is 0 Å². The van der Waals surface area contributed by atoms with Crippen LogP contribution in [0, 0.1) is 5.82 Å². The van der Waals surface area contributed by atoms with E-state index in [1.807, 2.05) is 0 Å². The van der Waals surface area contributed by atoms with Gasteiger partial charge in [-0.1, -0.05) is 0 Å². The number of furan rings is 1. The van der Waals surface area contributed by atoms with E-state index in [4.69, 9.17) is 15.3 Å². The molecule has 0 saturated heterocycles. The summed E-state index contributed by atoms with van der Waals surface area (Å²) in [6, 6.07) is 5.63. The van der Waals surface area contributed by atoms with Gasteiger partial charge in [0.2, 0.25) is 0 Å². The Labute approximate surface area is 90.1 Å². The first kappa shape index (κ1) is 10.2. The van der Waals surface area contributed by atoms with Gasteiger partial charge in [-0.25, -0.2) is 9.18 Å². The van der Waals surface area contributed by atoms with Gasteiger partial charge < -0.3 is 15.3 Å². The van der Waals surface area contributed by atoms with Crippen LogP contribution in [0.25, 0.3) is 11.3 Å². The highest BCUT2D eigenvalue weighted by atomic mass is 19.1. The van der Waals surface area contributed by atoms with Crippen LogP contribution in [0.4, 0.5) is 10.1 Å². The van der Waals surface area contributed by atoms with Gasteiger partial charge in [0, 0.05) is 5.56 Å². The third-order valence-electron chi connectivity index (χ3n) is 2.19. The van der Waals surface area contributed by atoms with Crippen molar-refractivity contribution in [1.82, 2.24) is 0 Å². The van der Waals surface area contributed by atoms with Crippen molar-refractivity contribution >= 4 is 11.7 Å². The molecular weight excluding hydrogens is 213 g/mol. The largest absolute Gasteiger partial charge is 0.478 e. The molecule has 0 spiro atoms. The van der Waals surface area contributed by atoms with Crippen LogP contribution in [-0.2, 0) is 0 Å². The molecule has 0 amide bonds. The molecule has 0 saturated carbocycles. The Morgan fingerprint density at radius 2 is 2.12 bits per heavy atom. The third-order valence-corrected chi connectivity index (χ3v) is 2.19. The molecule has 0 atom stereocenters. The minimum atomic E-state index is -1.29. The van der Waals surface area contributed by atoms with Crippen molar-refractivity contribution in [2.45, 2.75) is 0 Å². The van der Waals surface area contributed by atoms with Crippen molar-refractivity contribution in [3.8, 4) is 11.3 Å². The highest BCUT2D eigenvalue weighted by molar-refractivity contribution is 6.00. The summed E-state index contributed by atoms with van der Waals surface area (Å²) in [4.78, 5) is 11.0. The molecule has 0 fully saturated rings. The average molecular weight is 221 g/mol. The molecule has 0 aliphatic heterocycles. The molecule has 1 heterocycles. The summed E-state index contributed by atoms with van der Waals surface area (Å²) in [5.74, 6) is -1.71. The van der Waals surface area contributed by atoms with Gasteiger partial charge in [0.25, 0.3) is 0 Å². The maximum Gasteiger partial charge on any atom is 0.338 e. The van der Waals surface area contributed by atoms with Crippen LogP contribution in [-0.4, -0.2) is 11.1 Å². The molecule has 4 nitrogen and oxygen atoms in total. The molecule has 0 bridgehead atoms. The average Bonchev–Trinajstić information content (AvgIpc) is 2.74. The molecule has 1 aromatic heterocycles. The first-order chi connectivity index (χ1) is 7.61. The van der Waals surface area contributed by atoms with Crippen LogP contribution < -0.4 is 5.73 Å².